The molecule has 2 unspecified atom stereocenters. The lowest BCUT2D eigenvalue weighted by molar-refractivity contribution is -0.155. The summed E-state index contributed by atoms with van der Waals surface area (Å²) in [5.41, 5.74) is -0.0728. The molecule has 0 aliphatic heterocycles. The molecule has 0 radical (unpaired) electrons. The molecule has 1 aliphatic rings. The lowest BCUT2D eigenvalue weighted by Gasteiger charge is -2.28. The molecule has 82 valence electrons. The van der Waals surface area contributed by atoms with Gasteiger partial charge in [-0.2, -0.15) is 0 Å². The van der Waals surface area contributed by atoms with Crippen molar-refractivity contribution in [1.82, 2.24) is 0 Å². The summed E-state index contributed by atoms with van der Waals surface area (Å²) in [6.07, 6.45) is 3.59. The van der Waals surface area contributed by atoms with Crippen molar-refractivity contribution in [2.24, 2.45) is 11.3 Å². The first-order chi connectivity index (χ1) is 6.58. The van der Waals surface area contributed by atoms with Gasteiger partial charge in [0.1, 0.15) is 0 Å². The summed E-state index contributed by atoms with van der Waals surface area (Å²) in [4.78, 5) is 11.0. The van der Waals surface area contributed by atoms with E-state index in [4.69, 9.17) is 9.84 Å². The van der Waals surface area contributed by atoms with Crippen LogP contribution in [0, 0.1) is 11.3 Å². The largest absolute Gasteiger partial charge is 0.479 e. The molecule has 1 N–H and O–H groups in total. The molecule has 0 amide bonds. The fourth-order valence-electron chi connectivity index (χ4n) is 2.46. The minimum Gasteiger partial charge on any atom is -0.479 e. The Morgan fingerprint density at radius 3 is 2.43 bits per heavy atom. The van der Waals surface area contributed by atoms with Crippen LogP contribution in [-0.2, 0) is 9.53 Å². The van der Waals surface area contributed by atoms with Crippen LogP contribution < -0.4 is 0 Å². The number of hydrogen-bond donors (Lipinski definition) is 1. The van der Waals surface area contributed by atoms with E-state index in [0.717, 1.165) is 25.7 Å². The molecular formula is C11H20O3. The van der Waals surface area contributed by atoms with Crippen LogP contribution in [-0.4, -0.2) is 24.3 Å². The van der Waals surface area contributed by atoms with Crippen molar-refractivity contribution >= 4 is 5.97 Å². The van der Waals surface area contributed by atoms with Crippen LogP contribution in [0.15, 0.2) is 0 Å². The number of aliphatic carboxylic acids is 1. The molecule has 3 heteroatoms. The zero-order chi connectivity index (χ0) is 10.8. The van der Waals surface area contributed by atoms with E-state index in [1.165, 1.54) is 7.11 Å². The van der Waals surface area contributed by atoms with Crippen LogP contribution in [0.1, 0.15) is 39.5 Å². The Balaban J connectivity index is 2.67. The van der Waals surface area contributed by atoms with Gasteiger partial charge in [0.25, 0.3) is 0 Å². The Bertz CT molecular complexity index is 209. The first-order valence-electron chi connectivity index (χ1n) is 5.34. The van der Waals surface area contributed by atoms with Gasteiger partial charge in [-0.15, -0.1) is 0 Å². The van der Waals surface area contributed by atoms with E-state index in [-0.39, 0.29) is 5.41 Å². The maximum absolute atomic E-state index is 11.0. The predicted octanol–water partition coefficient (Wildman–Crippen LogP) is 2.30. The van der Waals surface area contributed by atoms with Crippen molar-refractivity contribution in [3.8, 4) is 0 Å². The molecule has 0 spiro atoms. The third-order valence-electron chi connectivity index (χ3n) is 3.51. The molecule has 1 saturated carbocycles. The van der Waals surface area contributed by atoms with Crippen LogP contribution in [0.4, 0.5) is 0 Å². The minimum atomic E-state index is -0.812. The highest BCUT2D eigenvalue weighted by Crippen LogP contribution is 2.56. The summed E-state index contributed by atoms with van der Waals surface area (Å²) in [5.74, 6) is -0.360. The maximum atomic E-state index is 11.0. The molecule has 0 saturated heterocycles. The van der Waals surface area contributed by atoms with Gasteiger partial charge in [0, 0.05) is 12.5 Å². The molecule has 3 nitrogen and oxygen atoms in total. The summed E-state index contributed by atoms with van der Waals surface area (Å²) in [6.45, 7) is 4.28. The average molecular weight is 200 g/mol. The van der Waals surface area contributed by atoms with Gasteiger partial charge < -0.3 is 9.84 Å². The normalized spacial score (nSPS) is 22.8. The molecule has 2 atom stereocenters. The molecule has 0 aromatic rings. The Hall–Kier alpha value is -0.570. The van der Waals surface area contributed by atoms with Crippen molar-refractivity contribution < 1.29 is 14.6 Å². The number of carboxylic acids is 1. The molecule has 0 aromatic heterocycles. The molecule has 14 heavy (non-hydrogen) atoms. The van der Waals surface area contributed by atoms with Crippen molar-refractivity contribution in [3.63, 3.8) is 0 Å². The van der Waals surface area contributed by atoms with Crippen LogP contribution in [0.2, 0.25) is 0 Å². The minimum absolute atomic E-state index is 0.0728. The fraction of sp³-hybridized carbons (Fsp3) is 0.909. The van der Waals surface area contributed by atoms with E-state index in [1.54, 1.807) is 0 Å². The van der Waals surface area contributed by atoms with Gasteiger partial charge in [-0.1, -0.05) is 26.7 Å². The molecule has 0 heterocycles. The standard InChI is InChI=1S/C11H20O3/c1-4-5-8(2)11(6-7-11)9(14-3)10(12)13/h8-9H,4-7H2,1-3H3,(H,12,13). The van der Waals surface area contributed by atoms with Crippen LogP contribution in [0.25, 0.3) is 0 Å². The lowest BCUT2D eigenvalue weighted by Crippen LogP contribution is -2.37. The topological polar surface area (TPSA) is 46.5 Å². The smallest absolute Gasteiger partial charge is 0.333 e. The third kappa shape index (κ3) is 1.92. The van der Waals surface area contributed by atoms with E-state index in [9.17, 15) is 4.79 Å². The first kappa shape index (κ1) is 11.5. The summed E-state index contributed by atoms with van der Waals surface area (Å²) >= 11 is 0. The highest BCUT2D eigenvalue weighted by atomic mass is 16.5. The number of methoxy groups -OCH3 is 1. The monoisotopic (exact) mass is 200 g/mol. The summed E-state index contributed by atoms with van der Waals surface area (Å²) in [5, 5.41) is 9.04. The first-order valence-corrected chi connectivity index (χ1v) is 5.34. The third-order valence-corrected chi connectivity index (χ3v) is 3.51. The molecule has 1 rings (SSSR count). The van der Waals surface area contributed by atoms with Gasteiger partial charge in [-0.05, 0) is 18.8 Å². The van der Waals surface area contributed by atoms with Gasteiger partial charge in [-0.25, -0.2) is 4.79 Å². The molecule has 1 fully saturated rings. The molecular weight excluding hydrogens is 180 g/mol. The lowest BCUT2D eigenvalue weighted by atomic mass is 9.82. The fourth-order valence-corrected chi connectivity index (χ4v) is 2.46. The summed E-state index contributed by atoms with van der Waals surface area (Å²) < 4.78 is 5.11. The zero-order valence-electron chi connectivity index (χ0n) is 9.25. The van der Waals surface area contributed by atoms with E-state index < -0.39 is 12.1 Å². The van der Waals surface area contributed by atoms with Gasteiger partial charge in [0.15, 0.2) is 6.10 Å². The van der Waals surface area contributed by atoms with Gasteiger partial charge >= 0.3 is 5.97 Å². The molecule has 1 aliphatic carbocycles. The molecule has 0 bridgehead atoms. The number of rotatable bonds is 6. The predicted molar refractivity (Wildman–Crippen MR) is 54.2 cm³/mol. The van der Waals surface area contributed by atoms with Gasteiger partial charge in [-0.3, -0.25) is 0 Å². The quantitative estimate of drug-likeness (QED) is 0.715. The van der Waals surface area contributed by atoms with E-state index in [1.807, 2.05) is 0 Å². The number of carboxylic acid groups (broad SMARTS) is 1. The zero-order valence-corrected chi connectivity index (χ0v) is 9.25. The second kappa shape index (κ2) is 4.30. The Morgan fingerprint density at radius 2 is 2.14 bits per heavy atom. The van der Waals surface area contributed by atoms with Crippen molar-refractivity contribution in [2.45, 2.75) is 45.6 Å². The Kier molecular flexibility index (Phi) is 3.53. The Labute approximate surface area is 85.5 Å². The highest BCUT2D eigenvalue weighted by molar-refractivity contribution is 5.74. The highest BCUT2D eigenvalue weighted by Gasteiger charge is 2.56. The SMILES string of the molecule is CCCC(C)C1(C(OC)C(=O)O)CC1. The van der Waals surface area contributed by atoms with E-state index in [0.29, 0.717) is 5.92 Å². The van der Waals surface area contributed by atoms with Gasteiger partial charge in [0.2, 0.25) is 0 Å². The number of hydrogen-bond acceptors (Lipinski definition) is 2. The average Bonchev–Trinajstić information content (AvgIpc) is 2.87. The maximum Gasteiger partial charge on any atom is 0.333 e. The van der Waals surface area contributed by atoms with Crippen molar-refractivity contribution in [1.29, 1.82) is 0 Å². The van der Waals surface area contributed by atoms with Crippen molar-refractivity contribution in [3.05, 3.63) is 0 Å². The van der Waals surface area contributed by atoms with Crippen LogP contribution >= 0.6 is 0 Å². The molecule has 0 aromatic carbocycles. The second-order valence-corrected chi connectivity index (χ2v) is 4.38. The van der Waals surface area contributed by atoms with Crippen molar-refractivity contribution in [2.75, 3.05) is 7.11 Å². The van der Waals surface area contributed by atoms with E-state index in [2.05, 4.69) is 13.8 Å². The number of carbonyl (C=O) groups is 1. The second-order valence-electron chi connectivity index (χ2n) is 4.38. The van der Waals surface area contributed by atoms with Crippen LogP contribution in [0.3, 0.4) is 0 Å². The van der Waals surface area contributed by atoms with Gasteiger partial charge in [0.05, 0.1) is 0 Å². The number of ether oxygens (including phenoxy) is 1. The summed E-state index contributed by atoms with van der Waals surface area (Å²) in [7, 11) is 1.50. The Morgan fingerprint density at radius 1 is 1.57 bits per heavy atom. The van der Waals surface area contributed by atoms with E-state index >= 15 is 0 Å². The summed E-state index contributed by atoms with van der Waals surface area (Å²) in [6, 6.07) is 0. The van der Waals surface area contributed by atoms with Crippen LogP contribution in [0.5, 0.6) is 0 Å².